The molecular weight excluding hydrogens is 164 g/mol. The Labute approximate surface area is 80.6 Å². The minimum absolute atomic E-state index is 0.0317. The van der Waals surface area contributed by atoms with Crippen molar-refractivity contribution in [2.75, 3.05) is 13.1 Å². The average Bonchev–Trinajstić information content (AvgIpc) is 2.15. The van der Waals surface area contributed by atoms with Gasteiger partial charge in [-0.15, -0.1) is 6.58 Å². The number of hydrogen-bond donors (Lipinski definition) is 1. The lowest BCUT2D eigenvalue weighted by Gasteiger charge is -2.23. The van der Waals surface area contributed by atoms with Crippen LogP contribution in [0.25, 0.3) is 0 Å². The van der Waals surface area contributed by atoms with E-state index in [1.807, 2.05) is 13.8 Å². The van der Waals surface area contributed by atoms with E-state index in [9.17, 15) is 4.79 Å². The average molecular weight is 184 g/mol. The van der Waals surface area contributed by atoms with Crippen LogP contribution >= 0.6 is 0 Å². The van der Waals surface area contributed by atoms with Crippen molar-refractivity contribution in [2.24, 2.45) is 5.73 Å². The zero-order valence-electron chi connectivity index (χ0n) is 8.62. The Balaban J connectivity index is 4.17. The lowest BCUT2D eigenvalue weighted by Crippen LogP contribution is -2.43. The predicted octanol–water partition coefficient (Wildman–Crippen LogP) is 1.15. The van der Waals surface area contributed by atoms with Crippen LogP contribution in [0.5, 0.6) is 0 Å². The van der Waals surface area contributed by atoms with E-state index in [2.05, 4.69) is 6.58 Å². The summed E-state index contributed by atoms with van der Waals surface area (Å²) in [7, 11) is 0. The van der Waals surface area contributed by atoms with Gasteiger partial charge in [-0.05, 0) is 12.8 Å². The first kappa shape index (κ1) is 12.2. The van der Waals surface area contributed by atoms with Gasteiger partial charge < -0.3 is 10.6 Å². The van der Waals surface area contributed by atoms with E-state index in [1.165, 1.54) is 0 Å². The van der Waals surface area contributed by atoms with Gasteiger partial charge in [-0.3, -0.25) is 4.79 Å². The molecule has 0 aromatic rings. The molecule has 1 atom stereocenters. The summed E-state index contributed by atoms with van der Waals surface area (Å²) < 4.78 is 0. The third-order valence-electron chi connectivity index (χ3n) is 1.91. The molecule has 0 unspecified atom stereocenters. The second-order valence-corrected chi connectivity index (χ2v) is 3.09. The Morgan fingerprint density at radius 2 is 2.23 bits per heavy atom. The first-order valence-electron chi connectivity index (χ1n) is 4.82. The van der Waals surface area contributed by atoms with Gasteiger partial charge in [-0.25, -0.2) is 0 Å². The molecule has 0 aliphatic heterocycles. The topological polar surface area (TPSA) is 46.3 Å². The van der Waals surface area contributed by atoms with Crippen molar-refractivity contribution < 1.29 is 4.79 Å². The highest BCUT2D eigenvalue weighted by molar-refractivity contribution is 5.81. The van der Waals surface area contributed by atoms with Crippen LogP contribution in [-0.2, 0) is 4.79 Å². The fourth-order valence-electron chi connectivity index (χ4n) is 1.13. The van der Waals surface area contributed by atoms with Gasteiger partial charge in [-0.1, -0.05) is 19.9 Å². The van der Waals surface area contributed by atoms with Gasteiger partial charge >= 0.3 is 0 Å². The molecular formula is C10H20N2O. The van der Waals surface area contributed by atoms with Crippen LogP contribution in [0.4, 0.5) is 0 Å². The maximum absolute atomic E-state index is 11.6. The molecule has 0 radical (unpaired) electrons. The lowest BCUT2D eigenvalue weighted by atomic mass is 10.2. The van der Waals surface area contributed by atoms with Gasteiger partial charge in [0.05, 0.1) is 6.04 Å². The molecule has 13 heavy (non-hydrogen) atoms. The molecule has 76 valence electrons. The molecule has 0 fully saturated rings. The monoisotopic (exact) mass is 184 g/mol. The summed E-state index contributed by atoms with van der Waals surface area (Å²) in [6, 6.07) is -0.355. The number of nitrogens with two attached hydrogens (primary N) is 1. The quantitative estimate of drug-likeness (QED) is 0.629. The molecule has 0 spiro atoms. The minimum atomic E-state index is -0.355. The molecule has 0 rings (SSSR count). The molecule has 0 aromatic heterocycles. The number of nitrogens with zero attached hydrogens (tertiary/aromatic N) is 1. The summed E-state index contributed by atoms with van der Waals surface area (Å²) in [6.45, 7) is 8.94. The van der Waals surface area contributed by atoms with Crippen molar-refractivity contribution in [1.29, 1.82) is 0 Å². The molecule has 0 aromatic carbocycles. The molecule has 1 amide bonds. The van der Waals surface area contributed by atoms with Crippen LogP contribution in [0.15, 0.2) is 12.7 Å². The Bertz CT molecular complexity index is 168. The molecule has 0 aliphatic carbocycles. The highest BCUT2D eigenvalue weighted by atomic mass is 16.2. The van der Waals surface area contributed by atoms with E-state index in [0.717, 1.165) is 13.0 Å². The molecule has 0 saturated heterocycles. The zero-order chi connectivity index (χ0) is 10.3. The number of amides is 1. The Kier molecular flexibility index (Phi) is 6.24. The largest absolute Gasteiger partial charge is 0.338 e. The van der Waals surface area contributed by atoms with Crippen molar-refractivity contribution in [1.82, 2.24) is 4.90 Å². The Morgan fingerprint density at radius 1 is 1.62 bits per heavy atom. The minimum Gasteiger partial charge on any atom is -0.338 e. The van der Waals surface area contributed by atoms with Gasteiger partial charge in [0, 0.05) is 13.1 Å². The SMILES string of the molecule is C=CCN(CCC)C(=O)[C@@H](N)CC. The van der Waals surface area contributed by atoms with E-state index >= 15 is 0 Å². The van der Waals surface area contributed by atoms with Gasteiger partial charge in [0.15, 0.2) is 0 Å². The number of carbonyl (C=O) groups excluding carboxylic acids is 1. The van der Waals surface area contributed by atoms with Gasteiger partial charge in [-0.2, -0.15) is 0 Å². The number of rotatable bonds is 6. The Hall–Kier alpha value is -0.830. The van der Waals surface area contributed by atoms with Crippen molar-refractivity contribution >= 4 is 5.91 Å². The third kappa shape index (κ3) is 4.08. The molecule has 0 aliphatic rings. The van der Waals surface area contributed by atoms with E-state index in [1.54, 1.807) is 11.0 Å². The van der Waals surface area contributed by atoms with Gasteiger partial charge in [0.1, 0.15) is 0 Å². The standard InChI is InChI=1S/C10H20N2O/c1-4-7-12(8-5-2)10(13)9(11)6-3/h4,9H,1,5-8,11H2,2-3H3/t9-/m0/s1. The zero-order valence-corrected chi connectivity index (χ0v) is 8.62. The first-order chi connectivity index (χ1) is 6.17. The van der Waals surface area contributed by atoms with Crippen molar-refractivity contribution in [3.05, 3.63) is 12.7 Å². The van der Waals surface area contributed by atoms with Gasteiger partial charge in [0.2, 0.25) is 5.91 Å². The lowest BCUT2D eigenvalue weighted by molar-refractivity contribution is -0.132. The summed E-state index contributed by atoms with van der Waals surface area (Å²) in [5.41, 5.74) is 5.65. The number of hydrogen-bond acceptors (Lipinski definition) is 2. The number of carbonyl (C=O) groups is 1. The molecule has 0 heterocycles. The third-order valence-corrected chi connectivity index (χ3v) is 1.91. The van der Waals surface area contributed by atoms with Crippen molar-refractivity contribution in [2.45, 2.75) is 32.7 Å². The maximum Gasteiger partial charge on any atom is 0.239 e. The van der Waals surface area contributed by atoms with E-state index in [4.69, 9.17) is 5.73 Å². The Morgan fingerprint density at radius 3 is 2.62 bits per heavy atom. The van der Waals surface area contributed by atoms with Crippen LogP contribution in [-0.4, -0.2) is 29.9 Å². The summed E-state index contributed by atoms with van der Waals surface area (Å²) in [4.78, 5) is 13.4. The van der Waals surface area contributed by atoms with Crippen LogP contribution in [0.1, 0.15) is 26.7 Å². The van der Waals surface area contributed by atoms with Crippen molar-refractivity contribution in [3.63, 3.8) is 0 Å². The highest BCUT2D eigenvalue weighted by Crippen LogP contribution is 1.98. The van der Waals surface area contributed by atoms with E-state index in [-0.39, 0.29) is 11.9 Å². The highest BCUT2D eigenvalue weighted by Gasteiger charge is 2.17. The summed E-state index contributed by atoms with van der Waals surface area (Å²) in [6.07, 6.45) is 3.38. The molecule has 0 bridgehead atoms. The molecule has 3 heteroatoms. The normalized spacial score (nSPS) is 12.2. The fourth-order valence-corrected chi connectivity index (χ4v) is 1.13. The van der Waals surface area contributed by atoms with Crippen LogP contribution in [0.3, 0.4) is 0 Å². The smallest absolute Gasteiger partial charge is 0.239 e. The summed E-state index contributed by atoms with van der Waals surface area (Å²) in [5, 5.41) is 0. The molecule has 3 nitrogen and oxygen atoms in total. The second-order valence-electron chi connectivity index (χ2n) is 3.09. The van der Waals surface area contributed by atoms with E-state index in [0.29, 0.717) is 13.0 Å². The van der Waals surface area contributed by atoms with Crippen LogP contribution < -0.4 is 5.73 Å². The maximum atomic E-state index is 11.6. The summed E-state index contributed by atoms with van der Waals surface area (Å²) in [5.74, 6) is 0.0317. The molecule has 0 saturated carbocycles. The predicted molar refractivity (Wildman–Crippen MR) is 55.3 cm³/mol. The fraction of sp³-hybridized carbons (Fsp3) is 0.700. The van der Waals surface area contributed by atoms with Gasteiger partial charge in [0.25, 0.3) is 0 Å². The molecule has 2 N–H and O–H groups in total. The second kappa shape index (κ2) is 6.66. The van der Waals surface area contributed by atoms with Crippen LogP contribution in [0.2, 0.25) is 0 Å². The first-order valence-corrected chi connectivity index (χ1v) is 4.82. The van der Waals surface area contributed by atoms with Crippen LogP contribution in [0, 0.1) is 0 Å². The summed E-state index contributed by atoms with van der Waals surface area (Å²) >= 11 is 0. The van der Waals surface area contributed by atoms with E-state index < -0.39 is 0 Å². The van der Waals surface area contributed by atoms with Crippen molar-refractivity contribution in [3.8, 4) is 0 Å².